The van der Waals surface area contributed by atoms with Gasteiger partial charge in [-0.15, -0.1) is 0 Å². The first-order valence-electron chi connectivity index (χ1n) is 11.9. The maximum atomic E-state index is 12.7. The standard InChI is InChI=1S/C20H31N4O16P.Na/c1-7(26)22-12-8(27)4-20(18(32)33,39-16(12)13(29)9(28)5-25)40-41(35,36)37-6-10-14(30)15(31)17(38-10)24-3-2-11(21)23-19(24)34;/h2-3,8-10,12-17,25,27-31H,4-6H2,1H3,(H,22,26)(H,32,33)(H,35,36)(H2,21,23,34);/q;+1/p-1/t8-,9+,10+,12+,13+,14-,15?,16+,17+,20+;/m0./s1. The number of anilines is 1. The number of nitrogens with zero attached hydrogens (tertiary/aromatic N) is 2. The Bertz CT molecular complexity index is 1220. The Labute approximate surface area is 258 Å². The third kappa shape index (κ3) is 8.11. The molecule has 0 bridgehead atoms. The van der Waals surface area contributed by atoms with Gasteiger partial charge in [-0.1, -0.05) is 0 Å². The second kappa shape index (κ2) is 14.5. The SMILES string of the molecule is CC(=O)N[C@H]1[C@H]([C@H](O)[C@H](O)CO)O[C@](OP(=O)([O-])OC[C@H]2O[C@@H](n3ccc(N)nc3=O)C(O)[C@H]2O)(C(=O)O)C[C@@H]1O.[Na+]. The molecule has 1 aromatic heterocycles. The number of carboxylic acids is 1. The first-order chi connectivity index (χ1) is 19.0. The minimum Gasteiger partial charge on any atom is -0.756 e. The number of nitrogens with two attached hydrogens (primary N) is 1. The van der Waals surface area contributed by atoms with E-state index in [1.807, 2.05) is 0 Å². The van der Waals surface area contributed by atoms with Gasteiger partial charge in [-0.2, -0.15) is 4.98 Å². The summed E-state index contributed by atoms with van der Waals surface area (Å²) in [6.45, 7) is -1.13. The summed E-state index contributed by atoms with van der Waals surface area (Å²) in [4.78, 5) is 51.9. The van der Waals surface area contributed by atoms with E-state index in [0.717, 1.165) is 17.7 Å². The van der Waals surface area contributed by atoms with Crippen LogP contribution in [0, 0.1) is 0 Å². The van der Waals surface area contributed by atoms with E-state index in [1.54, 1.807) is 0 Å². The molecule has 0 aromatic carbocycles. The van der Waals surface area contributed by atoms with Gasteiger partial charge in [-0.25, -0.2) is 9.59 Å². The van der Waals surface area contributed by atoms with Crippen molar-refractivity contribution in [3.8, 4) is 0 Å². The summed E-state index contributed by atoms with van der Waals surface area (Å²) in [6, 6.07) is -0.393. The number of aliphatic hydroxyl groups is 6. The summed E-state index contributed by atoms with van der Waals surface area (Å²) < 4.78 is 33.3. The Morgan fingerprint density at radius 3 is 2.52 bits per heavy atom. The van der Waals surface area contributed by atoms with Crippen molar-refractivity contribution < 1.29 is 103 Å². The monoisotopic (exact) mass is 636 g/mol. The summed E-state index contributed by atoms with van der Waals surface area (Å²) in [5.74, 6) is -6.32. The number of aliphatic hydroxyl groups excluding tert-OH is 6. The normalized spacial score (nSPS) is 34.0. The molecular weight excluding hydrogens is 606 g/mol. The molecule has 2 aliphatic rings. The van der Waals surface area contributed by atoms with Gasteiger partial charge in [0.25, 0.3) is 13.6 Å². The number of nitrogens with one attached hydrogen (secondary N) is 1. The molecule has 11 atom stereocenters. The molecule has 0 spiro atoms. The molecule has 2 fully saturated rings. The average molecular weight is 636 g/mol. The number of phosphoric acid groups is 1. The van der Waals surface area contributed by atoms with Gasteiger partial charge in [0.1, 0.15) is 42.4 Å². The van der Waals surface area contributed by atoms with E-state index in [2.05, 4.69) is 19.3 Å². The van der Waals surface area contributed by atoms with Crippen LogP contribution in [0.3, 0.4) is 0 Å². The fraction of sp³-hybridized carbons (Fsp3) is 0.700. The van der Waals surface area contributed by atoms with E-state index in [-0.39, 0.29) is 35.4 Å². The molecule has 3 rings (SSSR count). The first-order valence-corrected chi connectivity index (χ1v) is 13.3. The zero-order valence-corrected chi connectivity index (χ0v) is 25.1. The predicted octanol–water partition coefficient (Wildman–Crippen LogP) is -8.90. The van der Waals surface area contributed by atoms with E-state index in [9.17, 15) is 59.6 Å². The molecule has 10 N–H and O–H groups in total. The van der Waals surface area contributed by atoms with Crippen molar-refractivity contribution >= 4 is 25.5 Å². The van der Waals surface area contributed by atoms with Crippen LogP contribution in [0.25, 0.3) is 0 Å². The van der Waals surface area contributed by atoms with E-state index < -0.39 is 106 Å². The average Bonchev–Trinajstić information content (AvgIpc) is 3.16. The van der Waals surface area contributed by atoms with Crippen LogP contribution >= 0.6 is 7.82 Å². The van der Waals surface area contributed by atoms with Gasteiger partial charge in [0.2, 0.25) is 5.91 Å². The van der Waals surface area contributed by atoms with Crippen LogP contribution in [0.1, 0.15) is 19.6 Å². The van der Waals surface area contributed by atoms with Crippen molar-refractivity contribution in [3.05, 3.63) is 22.7 Å². The minimum absolute atomic E-state index is 0. The van der Waals surface area contributed by atoms with E-state index >= 15 is 0 Å². The third-order valence-electron chi connectivity index (χ3n) is 6.31. The minimum atomic E-state index is -5.77. The molecule has 20 nitrogen and oxygen atoms in total. The molecule has 232 valence electrons. The number of aromatic nitrogens is 2. The van der Waals surface area contributed by atoms with Crippen molar-refractivity contribution in [3.63, 3.8) is 0 Å². The van der Waals surface area contributed by atoms with Gasteiger partial charge in [0, 0.05) is 19.5 Å². The zero-order valence-electron chi connectivity index (χ0n) is 22.2. The Kier molecular flexibility index (Phi) is 12.6. The Balaban J connectivity index is 0.00000616. The second-order valence-electron chi connectivity index (χ2n) is 9.30. The number of amides is 1. The Morgan fingerprint density at radius 2 is 1.98 bits per heavy atom. The maximum absolute atomic E-state index is 12.7. The summed E-state index contributed by atoms with van der Waals surface area (Å²) in [5, 5.41) is 72.5. The second-order valence-corrected chi connectivity index (χ2v) is 10.6. The molecule has 1 amide bonds. The number of rotatable bonds is 11. The summed E-state index contributed by atoms with van der Waals surface area (Å²) in [7, 11) is -5.77. The van der Waals surface area contributed by atoms with Crippen molar-refractivity contribution in [1.29, 1.82) is 0 Å². The number of carbonyl (C=O) groups is 2. The number of carbonyl (C=O) groups excluding carboxylic acids is 1. The fourth-order valence-corrected chi connectivity index (χ4v) is 5.25. The van der Waals surface area contributed by atoms with Crippen LogP contribution in [0.4, 0.5) is 5.82 Å². The van der Waals surface area contributed by atoms with Crippen molar-refractivity contribution in [2.75, 3.05) is 18.9 Å². The number of carboxylic acid groups (broad SMARTS) is 1. The summed E-state index contributed by atoms with van der Waals surface area (Å²) in [5.41, 5.74) is 4.44. The molecule has 2 unspecified atom stereocenters. The van der Waals surface area contributed by atoms with Crippen LogP contribution in [0.2, 0.25) is 0 Å². The molecule has 2 aliphatic heterocycles. The summed E-state index contributed by atoms with van der Waals surface area (Å²) >= 11 is 0. The topological polar surface area (TPSA) is 326 Å². The summed E-state index contributed by atoms with van der Waals surface area (Å²) in [6.07, 6.45) is -14.9. The van der Waals surface area contributed by atoms with Crippen molar-refractivity contribution in [2.45, 2.75) is 74.1 Å². The predicted molar refractivity (Wildman–Crippen MR) is 126 cm³/mol. The van der Waals surface area contributed by atoms with Crippen molar-refractivity contribution in [2.24, 2.45) is 0 Å². The van der Waals surface area contributed by atoms with Gasteiger partial charge in [-0.05, 0) is 6.07 Å². The molecule has 0 aliphatic carbocycles. The molecule has 0 radical (unpaired) electrons. The maximum Gasteiger partial charge on any atom is 1.00 e. The number of phosphoric ester groups is 1. The Morgan fingerprint density at radius 1 is 1.33 bits per heavy atom. The molecule has 2 saturated heterocycles. The fourth-order valence-electron chi connectivity index (χ4n) is 4.31. The number of ether oxygens (including phenoxy) is 2. The van der Waals surface area contributed by atoms with E-state index in [1.165, 1.54) is 6.07 Å². The quantitative estimate of drug-likeness (QED) is 0.0804. The molecular formula is C20H30N4NaO16P. The van der Waals surface area contributed by atoms with Gasteiger partial charge in [-0.3, -0.25) is 18.5 Å². The molecule has 1 aromatic rings. The van der Waals surface area contributed by atoms with E-state index in [0.29, 0.717) is 0 Å². The van der Waals surface area contributed by atoms with Gasteiger partial charge < -0.3 is 65.7 Å². The van der Waals surface area contributed by atoms with Crippen LogP contribution < -0.4 is 51.2 Å². The van der Waals surface area contributed by atoms with Crippen LogP contribution in [0.15, 0.2) is 17.1 Å². The molecule has 42 heavy (non-hydrogen) atoms. The van der Waals surface area contributed by atoms with Crippen LogP contribution in [-0.2, 0) is 32.7 Å². The molecule has 3 heterocycles. The zero-order chi connectivity index (χ0) is 30.9. The molecule has 22 heteroatoms. The number of hydrogen-bond acceptors (Lipinski definition) is 17. The van der Waals surface area contributed by atoms with Crippen LogP contribution in [0.5, 0.6) is 0 Å². The first kappa shape index (κ1) is 36.6. The van der Waals surface area contributed by atoms with Gasteiger partial charge >= 0.3 is 41.2 Å². The number of aliphatic carboxylic acids is 1. The smallest absolute Gasteiger partial charge is 0.756 e. The molecule has 0 saturated carbocycles. The number of nitrogen functional groups attached to an aromatic ring is 1. The largest absolute Gasteiger partial charge is 1.00 e. The van der Waals surface area contributed by atoms with Gasteiger partial charge in [0.05, 0.1) is 25.4 Å². The van der Waals surface area contributed by atoms with Crippen LogP contribution in [-0.4, -0.2) is 125 Å². The Hall–Kier alpha value is -1.59. The third-order valence-corrected chi connectivity index (χ3v) is 7.29. The van der Waals surface area contributed by atoms with Crippen molar-refractivity contribution in [1.82, 2.24) is 14.9 Å². The van der Waals surface area contributed by atoms with E-state index in [4.69, 9.17) is 15.2 Å². The number of hydrogen-bond donors (Lipinski definition) is 9. The van der Waals surface area contributed by atoms with Gasteiger partial charge in [0.15, 0.2) is 6.23 Å².